The highest BCUT2D eigenvalue weighted by Crippen LogP contribution is 2.27. The summed E-state index contributed by atoms with van der Waals surface area (Å²) in [4.78, 5) is 17.3. The van der Waals surface area contributed by atoms with Gasteiger partial charge < -0.3 is 4.90 Å². The van der Waals surface area contributed by atoms with Crippen molar-refractivity contribution in [2.24, 2.45) is 0 Å². The van der Waals surface area contributed by atoms with Gasteiger partial charge in [-0.25, -0.2) is 4.39 Å². The molecule has 3 rings (SSSR count). The number of aryl methyl sites for hydroxylation is 2. The van der Waals surface area contributed by atoms with E-state index in [4.69, 9.17) is 0 Å². The van der Waals surface area contributed by atoms with E-state index in [-0.39, 0.29) is 17.8 Å². The van der Waals surface area contributed by atoms with Crippen LogP contribution in [0, 0.1) is 19.7 Å². The average molecular weight is 358 g/mol. The number of carbonyl (C=O) groups is 1. The first-order valence-corrected chi connectivity index (χ1v) is 9.22. The van der Waals surface area contributed by atoms with Crippen LogP contribution in [0.5, 0.6) is 0 Å². The van der Waals surface area contributed by atoms with Crippen molar-refractivity contribution >= 4 is 5.91 Å². The molecule has 0 bridgehead atoms. The maximum absolute atomic E-state index is 13.4. The summed E-state index contributed by atoms with van der Waals surface area (Å²) in [5, 5.41) is 7.19. The first-order chi connectivity index (χ1) is 12.5. The van der Waals surface area contributed by atoms with Crippen molar-refractivity contribution in [3.63, 3.8) is 0 Å². The molecule has 1 aliphatic rings. The Hall–Kier alpha value is -2.21. The van der Waals surface area contributed by atoms with Crippen LogP contribution in [0.15, 0.2) is 24.3 Å². The van der Waals surface area contributed by atoms with E-state index >= 15 is 0 Å². The Morgan fingerprint density at radius 3 is 2.46 bits per heavy atom. The SMILES string of the molecule is Cc1n[nH]c(C)c1CN(C)C(=O)[C@H](c1ccc(F)cc1)N1CCCCC1. The number of H-pyrrole nitrogens is 1. The van der Waals surface area contributed by atoms with Crippen molar-refractivity contribution in [2.75, 3.05) is 20.1 Å². The lowest BCUT2D eigenvalue weighted by Gasteiger charge is -2.36. The molecule has 2 aromatic rings. The number of amides is 1. The molecule has 1 N–H and O–H groups in total. The molecular formula is C20H27FN4O. The molecule has 0 spiro atoms. The van der Waals surface area contributed by atoms with Gasteiger partial charge in [-0.05, 0) is 57.5 Å². The molecule has 0 aliphatic carbocycles. The number of piperidine rings is 1. The van der Waals surface area contributed by atoms with Crippen LogP contribution < -0.4 is 0 Å². The van der Waals surface area contributed by atoms with Gasteiger partial charge in [0.2, 0.25) is 5.91 Å². The quantitative estimate of drug-likeness (QED) is 0.892. The van der Waals surface area contributed by atoms with Crippen LogP contribution in [0.1, 0.15) is 47.8 Å². The molecule has 140 valence electrons. The summed E-state index contributed by atoms with van der Waals surface area (Å²) in [5.41, 5.74) is 3.81. The Morgan fingerprint density at radius 1 is 1.23 bits per heavy atom. The second-order valence-electron chi connectivity index (χ2n) is 7.16. The number of carbonyl (C=O) groups excluding carboxylic acids is 1. The summed E-state index contributed by atoms with van der Waals surface area (Å²) < 4.78 is 13.4. The highest BCUT2D eigenvalue weighted by atomic mass is 19.1. The molecule has 0 unspecified atom stereocenters. The van der Waals surface area contributed by atoms with Crippen molar-refractivity contribution in [2.45, 2.75) is 45.7 Å². The van der Waals surface area contributed by atoms with Crippen molar-refractivity contribution in [3.05, 3.63) is 52.6 Å². The van der Waals surface area contributed by atoms with Crippen LogP contribution >= 0.6 is 0 Å². The highest BCUT2D eigenvalue weighted by molar-refractivity contribution is 5.83. The zero-order valence-electron chi connectivity index (χ0n) is 15.8. The number of nitrogens with zero attached hydrogens (tertiary/aromatic N) is 3. The molecule has 1 atom stereocenters. The fraction of sp³-hybridized carbons (Fsp3) is 0.500. The van der Waals surface area contributed by atoms with Gasteiger partial charge in [0.15, 0.2) is 0 Å². The van der Waals surface area contributed by atoms with Gasteiger partial charge in [-0.3, -0.25) is 14.8 Å². The highest BCUT2D eigenvalue weighted by Gasteiger charge is 2.31. The molecule has 1 aromatic carbocycles. The van der Waals surface area contributed by atoms with E-state index in [9.17, 15) is 9.18 Å². The number of rotatable bonds is 5. The molecule has 26 heavy (non-hydrogen) atoms. The monoisotopic (exact) mass is 358 g/mol. The van der Waals surface area contributed by atoms with E-state index in [1.165, 1.54) is 18.6 Å². The Morgan fingerprint density at radius 2 is 1.88 bits per heavy atom. The molecule has 1 aliphatic heterocycles. The predicted octanol–water partition coefficient (Wildman–Crippen LogP) is 3.35. The first kappa shape index (κ1) is 18.6. The number of hydrogen-bond donors (Lipinski definition) is 1. The minimum Gasteiger partial charge on any atom is -0.340 e. The Bertz CT molecular complexity index is 730. The summed E-state index contributed by atoms with van der Waals surface area (Å²) in [7, 11) is 1.83. The molecule has 1 fully saturated rings. The smallest absolute Gasteiger partial charge is 0.244 e. The van der Waals surface area contributed by atoms with Crippen LogP contribution in [0.25, 0.3) is 0 Å². The molecule has 5 nitrogen and oxygen atoms in total. The number of likely N-dealkylation sites (N-methyl/N-ethyl adjacent to an activating group) is 1. The van der Waals surface area contributed by atoms with Crippen molar-refractivity contribution < 1.29 is 9.18 Å². The number of likely N-dealkylation sites (tertiary alicyclic amines) is 1. The number of hydrogen-bond acceptors (Lipinski definition) is 3. The normalized spacial score (nSPS) is 16.5. The van der Waals surface area contributed by atoms with Gasteiger partial charge in [-0.2, -0.15) is 5.10 Å². The van der Waals surface area contributed by atoms with Crippen LogP contribution in [0.3, 0.4) is 0 Å². The van der Waals surface area contributed by atoms with E-state index < -0.39 is 0 Å². The lowest BCUT2D eigenvalue weighted by Crippen LogP contribution is -2.43. The molecular weight excluding hydrogens is 331 g/mol. The Labute approximate surface area is 154 Å². The van der Waals surface area contributed by atoms with E-state index in [1.54, 1.807) is 17.0 Å². The number of halogens is 1. The second-order valence-corrected chi connectivity index (χ2v) is 7.16. The topological polar surface area (TPSA) is 52.2 Å². The van der Waals surface area contributed by atoms with Crippen LogP contribution in [-0.2, 0) is 11.3 Å². The second kappa shape index (κ2) is 7.99. The first-order valence-electron chi connectivity index (χ1n) is 9.22. The van der Waals surface area contributed by atoms with E-state index in [1.807, 2.05) is 20.9 Å². The number of aromatic nitrogens is 2. The van der Waals surface area contributed by atoms with E-state index in [0.29, 0.717) is 6.54 Å². The van der Waals surface area contributed by atoms with Crippen molar-refractivity contribution in [3.8, 4) is 0 Å². The summed E-state index contributed by atoms with van der Waals surface area (Å²) >= 11 is 0. The third kappa shape index (κ3) is 3.96. The molecule has 2 heterocycles. The van der Waals surface area contributed by atoms with E-state index in [0.717, 1.165) is 48.4 Å². The minimum absolute atomic E-state index is 0.0403. The van der Waals surface area contributed by atoms with Gasteiger partial charge in [-0.1, -0.05) is 18.6 Å². The molecule has 6 heteroatoms. The van der Waals surface area contributed by atoms with Gasteiger partial charge >= 0.3 is 0 Å². The summed E-state index contributed by atoms with van der Waals surface area (Å²) in [6.45, 7) is 6.21. The number of nitrogens with one attached hydrogen (secondary N) is 1. The lowest BCUT2D eigenvalue weighted by atomic mass is 10.00. The zero-order chi connectivity index (χ0) is 18.7. The van der Waals surface area contributed by atoms with Crippen molar-refractivity contribution in [1.82, 2.24) is 20.0 Å². The van der Waals surface area contributed by atoms with Gasteiger partial charge in [0.25, 0.3) is 0 Å². The maximum atomic E-state index is 13.4. The lowest BCUT2D eigenvalue weighted by molar-refractivity contribution is -0.137. The molecule has 1 amide bonds. The fourth-order valence-electron chi connectivity index (χ4n) is 3.66. The fourth-order valence-corrected chi connectivity index (χ4v) is 3.66. The van der Waals surface area contributed by atoms with Crippen molar-refractivity contribution in [1.29, 1.82) is 0 Å². The Balaban J connectivity index is 1.85. The number of aromatic amines is 1. The van der Waals surface area contributed by atoms with Gasteiger partial charge in [0, 0.05) is 24.8 Å². The average Bonchev–Trinajstić information content (AvgIpc) is 2.96. The van der Waals surface area contributed by atoms with Gasteiger partial charge in [0.1, 0.15) is 11.9 Å². The van der Waals surface area contributed by atoms with Gasteiger partial charge in [0.05, 0.1) is 5.69 Å². The maximum Gasteiger partial charge on any atom is 0.244 e. The summed E-state index contributed by atoms with van der Waals surface area (Å²) in [6, 6.07) is 5.96. The standard InChI is InChI=1S/C20H27FN4O/c1-14-18(15(2)23-22-14)13-24(3)20(26)19(25-11-5-4-6-12-25)16-7-9-17(21)10-8-16/h7-10,19H,4-6,11-13H2,1-3H3,(H,22,23)/t19-/m0/s1. The largest absolute Gasteiger partial charge is 0.340 e. The third-order valence-corrected chi connectivity index (χ3v) is 5.23. The van der Waals surface area contributed by atoms with Crippen LogP contribution in [0.2, 0.25) is 0 Å². The Kier molecular flexibility index (Phi) is 5.71. The zero-order valence-corrected chi connectivity index (χ0v) is 15.8. The summed E-state index contributed by atoms with van der Waals surface area (Å²) in [5.74, 6) is -0.241. The van der Waals surface area contributed by atoms with Crippen LogP contribution in [-0.4, -0.2) is 46.0 Å². The molecule has 1 aromatic heterocycles. The molecule has 1 saturated heterocycles. The predicted molar refractivity (Wildman–Crippen MR) is 99.1 cm³/mol. The molecule has 0 radical (unpaired) electrons. The van der Waals surface area contributed by atoms with Crippen LogP contribution in [0.4, 0.5) is 4.39 Å². The van der Waals surface area contributed by atoms with Gasteiger partial charge in [-0.15, -0.1) is 0 Å². The summed E-state index contributed by atoms with van der Waals surface area (Å²) in [6.07, 6.45) is 3.38. The number of benzene rings is 1. The molecule has 0 saturated carbocycles. The minimum atomic E-state index is -0.367. The van der Waals surface area contributed by atoms with E-state index in [2.05, 4.69) is 15.1 Å². The third-order valence-electron chi connectivity index (χ3n) is 5.23.